The van der Waals surface area contributed by atoms with E-state index in [1.807, 2.05) is 5.38 Å². The molecule has 0 aliphatic carbocycles. The van der Waals surface area contributed by atoms with Crippen molar-refractivity contribution in [3.63, 3.8) is 0 Å². The van der Waals surface area contributed by atoms with E-state index in [-0.39, 0.29) is 12.0 Å². The highest BCUT2D eigenvalue weighted by Crippen LogP contribution is 2.35. The summed E-state index contributed by atoms with van der Waals surface area (Å²) >= 11 is 13.5. The summed E-state index contributed by atoms with van der Waals surface area (Å²) in [4.78, 5) is 0.775. The van der Waals surface area contributed by atoms with E-state index in [1.54, 1.807) is 6.07 Å². The minimum atomic E-state index is -0.858. The van der Waals surface area contributed by atoms with E-state index in [1.165, 1.54) is 23.5 Å². The molecule has 1 aromatic heterocycles. The maximum absolute atomic E-state index is 13.4. The lowest BCUT2D eigenvalue weighted by atomic mass is 10.1. The highest BCUT2D eigenvalue weighted by molar-refractivity contribution is 7.11. The van der Waals surface area contributed by atoms with E-state index in [0.717, 1.165) is 10.9 Å². The Morgan fingerprint density at radius 3 is 2.65 bits per heavy atom. The fraction of sp³-hybridized carbons (Fsp3) is 0.167. The van der Waals surface area contributed by atoms with Gasteiger partial charge in [0.2, 0.25) is 0 Å². The SMILES string of the molecule is Fc1cccc(CC(Cl)c2sccc2Cl)c1F. The predicted molar refractivity (Wildman–Crippen MR) is 68.0 cm³/mol. The van der Waals surface area contributed by atoms with Crippen LogP contribution in [0.5, 0.6) is 0 Å². The summed E-state index contributed by atoms with van der Waals surface area (Å²) in [7, 11) is 0. The van der Waals surface area contributed by atoms with Crippen LogP contribution in [0.2, 0.25) is 5.02 Å². The lowest BCUT2D eigenvalue weighted by molar-refractivity contribution is 0.498. The van der Waals surface area contributed by atoms with Crippen LogP contribution in [0.1, 0.15) is 15.8 Å². The topological polar surface area (TPSA) is 0 Å². The molecule has 0 bridgehead atoms. The van der Waals surface area contributed by atoms with Crippen molar-refractivity contribution in [2.24, 2.45) is 0 Å². The van der Waals surface area contributed by atoms with Gasteiger partial charge in [-0.25, -0.2) is 8.78 Å². The van der Waals surface area contributed by atoms with Crippen molar-refractivity contribution in [1.82, 2.24) is 0 Å². The first kappa shape index (κ1) is 12.8. The third-order valence-corrected chi connectivity index (χ3v) is 4.33. The molecule has 0 spiro atoms. The summed E-state index contributed by atoms with van der Waals surface area (Å²) in [6.45, 7) is 0. The van der Waals surface area contributed by atoms with Gasteiger partial charge in [0.25, 0.3) is 0 Å². The predicted octanol–water partition coefficient (Wildman–Crippen LogP) is 5.20. The van der Waals surface area contributed by atoms with E-state index in [9.17, 15) is 8.78 Å². The Kier molecular flexibility index (Phi) is 4.02. The maximum atomic E-state index is 13.4. The normalized spacial score (nSPS) is 12.7. The van der Waals surface area contributed by atoms with Crippen LogP contribution in [0.15, 0.2) is 29.6 Å². The molecule has 0 fully saturated rings. The molecule has 0 radical (unpaired) electrons. The summed E-state index contributed by atoms with van der Waals surface area (Å²) in [6, 6.07) is 5.81. The van der Waals surface area contributed by atoms with Gasteiger partial charge in [-0.1, -0.05) is 23.7 Å². The Hall–Kier alpha value is -0.640. The van der Waals surface area contributed by atoms with Gasteiger partial charge in [-0.05, 0) is 29.5 Å². The molecule has 0 nitrogen and oxygen atoms in total. The molecule has 17 heavy (non-hydrogen) atoms. The summed E-state index contributed by atoms with van der Waals surface area (Å²) in [5.74, 6) is -1.70. The second kappa shape index (κ2) is 5.34. The van der Waals surface area contributed by atoms with Crippen LogP contribution < -0.4 is 0 Å². The third-order valence-electron chi connectivity index (χ3n) is 2.36. The molecule has 1 atom stereocenters. The van der Waals surface area contributed by atoms with Crippen molar-refractivity contribution in [2.45, 2.75) is 11.8 Å². The van der Waals surface area contributed by atoms with Crippen molar-refractivity contribution in [3.05, 3.63) is 56.7 Å². The largest absolute Gasteiger partial charge is 0.204 e. The van der Waals surface area contributed by atoms with Gasteiger partial charge in [-0.2, -0.15) is 0 Å². The monoisotopic (exact) mass is 292 g/mol. The number of alkyl halides is 1. The fourth-order valence-electron chi connectivity index (χ4n) is 1.52. The average Bonchev–Trinajstić information content (AvgIpc) is 2.71. The minimum absolute atomic E-state index is 0.214. The molecule has 0 saturated carbocycles. The molecule has 1 unspecified atom stereocenters. The molecule has 0 saturated heterocycles. The number of hydrogen-bond acceptors (Lipinski definition) is 1. The minimum Gasteiger partial charge on any atom is -0.204 e. The quantitative estimate of drug-likeness (QED) is 0.682. The van der Waals surface area contributed by atoms with Gasteiger partial charge in [0.1, 0.15) is 0 Å². The number of rotatable bonds is 3. The standard InChI is InChI=1S/C12H8Cl2F2S/c13-8-4-5-17-12(8)9(14)6-7-2-1-3-10(15)11(7)16/h1-5,9H,6H2. The van der Waals surface area contributed by atoms with Crippen molar-refractivity contribution >= 4 is 34.5 Å². The van der Waals surface area contributed by atoms with Gasteiger partial charge < -0.3 is 0 Å². The molecule has 5 heteroatoms. The van der Waals surface area contributed by atoms with Crippen LogP contribution in [0.3, 0.4) is 0 Å². The van der Waals surface area contributed by atoms with Gasteiger partial charge in [0.05, 0.1) is 10.4 Å². The number of thiophene rings is 1. The molecular weight excluding hydrogens is 285 g/mol. The summed E-state index contributed by atoms with van der Waals surface area (Å²) < 4.78 is 26.5. The first-order valence-electron chi connectivity index (χ1n) is 4.89. The lowest BCUT2D eigenvalue weighted by Crippen LogP contribution is -1.99. The maximum Gasteiger partial charge on any atom is 0.162 e. The van der Waals surface area contributed by atoms with Crippen molar-refractivity contribution in [2.75, 3.05) is 0 Å². The fourth-order valence-corrected chi connectivity index (χ4v) is 3.18. The molecule has 90 valence electrons. The molecule has 1 aromatic carbocycles. The average molecular weight is 293 g/mol. The Bertz CT molecular complexity index is 525. The summed E-state index contributed by atoms with van der Waals surface area (Å²) in [5.41, 5.74) is 0.259. The Balaban J connectivity index is 2.22. The molecule has 0 aliphatic rings. The first-order valence-corrected chi connectivity index (χ1v) is 6.59. The third kappa shape index (κ3) is 2.79. The van der Waals surface area contributed by atoms with Crippen molar-refractivity contribution in [3.8, 4) is 0 Å². The molecule has 0 amide bonds. The van der Waals surface area contributed by atoms with Gasteiger partial charge in [0, 0.05) is 4.88 Å². The van der Waals surface area contributed by atoms with E-state index in [4.69, 9.17) is 23.2 Å². The van der Waals surface area contributed by atoms with E-state index in [0.29, 0.717) is 5.02 Å². The first-order chi connectivity index (χ1) is 8.09. The second-order valence-electron chi connectivity index (χ2n) is 3.52. The lowest BCUT2D eigenvalue weighted by Gasteiger charge is -2.09. The molecule has 1 heterocycles. The van der Waals surface area contributed by atoms with Crippen LogP contribution in [-0.4, -0.2) is 0 Å². The molecule has 0 N–H and O–H groups in total. The van der Waals surface area contributed by atoms with Crippen molar-refractivity contribution < 1.29 is 8.78 Å². The van der Waals surface area contributed by atoms with Gasteiger partial charge in [0.15, 0.2) is 11.6 Å². The smallest absolute Gasteiger partial charge is 0.162 e. The summed E-state index contributed by atoms with van der Waals surface area (Å²) in [6.07, 6.45) is 0.214. The Labute approximate surface area is 112 Å². The zero-order chi connectivity index (χ0) is 12.4. The number of hydrogen-bond donors (Lipinski definition) is 0. The summed E-state index contributed by atoms with van der Waals surface area (Å²) in [5, 5.41) is 1.93. The molecule has 2 rings (SSSR count). The molecule has 2 aromatic rings. The highest BCUT2D eigenvalue weighted by Gasteiger charge is 2.17. The van der Waals surface area contributed by atoms with Crippen molar-refractivity contribution in [1.29, 1.82) is 0 Å². The van der Waals surface area contributed by atoms with Crippen LogP contribution >= 0.6 is 34.5 Å². The number of halogens is 4. The van der Waals surface area contributed by atoms with Gasteiger partial charge in [-0.3, -0.25) is 0 Å². The molecular formula is C12H8Cl2F2S. The zero-order valence-corrected chi connectivity index (χ0v) is 10.9. The van der Waals surface area contributed by atoms with Crippen LogP contribution in [-0.2, 0) is 6.42 Å². The Morgan fingerprint density at radius 2 is 2.00 bits per heavy atom. The van der Waals surface area contributed by atoms with Crippen LogP contribution in [0, 0.1) is 11.6 Å². The molecule has 0 aliphatic heterocycles. The van der Waals surface area contributed by atoms with E-state index < -0.39 is 17.0 Å². The van der Waals surface area contributed by atoms with Gasteiger partial charge >= 0.3 is 0 Å². The van der Waals surface area contributed by atoms with Crippen LogP contribution in [0.4, 0.5) is 8.78 Å². The van der Waals surface area contributed by atoms with Crippen LogP contribution in [0.25, 0.3) is 0 Å². The van der Waals surface area contributed by atoms with Gasteiger partial charge in [-0.15, -0.1) is 22.9 Å². The van der Waals surface area contributed by atoms with E-state index >= 15 is 0 Å². The zero-order valence-electron chi connectivity index (χ0n) is 8.59. The number of benzene rings is 1. The Morgan fingerprint density at radius 1 is 1.24 bits per heavy atom. The highest BCUT2D eigenvalue weighted by atomic mass is 35.5. The van der Waals surface area contributed by atoms with E-state index in [2.05, 4.69) is 0 Å². The second-order valence-corrected chi connectivity index (χ2v) is 5.40.